The molecule has 3 nitrogen and oxygen atoms in total. The highest BCUT2D eigenvalue weighted by Gasteiger charge is 2.05. The number of nitro groups is 1. The summed E-state index contributed by atoms with van der Waals surface area (Å²) >= 11 is 0. The highest BCUT2D eigenvalue weighted by Crippen LogP contribution is 2.26. The van der Waals surface area contributed by atoms with Gasteiger partial charge < -0.3 is 0 Å². The lowest BCUT2D eigenvalue weighted by Gasteiger charge is -2.09. The van der Waals surface area contributed by atoms with E-state index in [1.54, 1.807) is 6.08 Å². The minimum Gasteiger partial charge on any atom is -0.259 e. The van der Waals surface area contributed by atoms with Crippen molar-refractivity contribution in [3.05, 3.63) is 63.3 Å². The van der Waals surface area contributed by atoms with Crippen LogP contribution >= 0.6 is 0 Å². The molecule has 0 saturated carbocycles. The fourth-order valence-corrected chi connectivity index (χ4v) is 1.97. The molecular weight excluding hydrogens is 214 g/mol. The molecular formula is C14H13NO2. The monoisotopic (exact) mass is 227 g/mol. The lowest BCUT2D eigenvalue weighted by atomic mass is 9.95. The van der Waals surface area contributed by atoms with Gasteiger partial charge in [-0.25, -0.2) is 0 Å². The van der Waals surface area contributed by atoms with Crippen LogP contribution in [0, 0.1) is 24.0 Å². The number of nitrogens with zero attached hydrogens (tertiary/aromatic N) is 1. The second kappa shape index (κ2) is 4.37. The molecule has 0 N–H and O–H groups in total. The summed E-state index contributed by atoms with van der Waals surface area (Å²) < 4.78 is 0. The summed E-state index contributed by atoms with van der Waals surface area (Å²) in [6, 6.07) is 10.0. The SMILES string of the molecule is Cc1cc2ccccc2c(C=C[N+](=O)[O-])c1C. The first-order valence-electron chi connectivity index (χ1n) is 5.40. The summed E-state index contributed by atoms with van der Waals surface area (Å²) in [6.07, 6.45) is 2.57. The van der Waals surface area contributed by atoms with Crippen LogP contribution in [0.4, 0.5) is 0 Å². The fourth-order valence-electron chi connectivity index (χ4n) is 1.97. The molecule has 2 aromatic carbocycles. The van der Waals surface area contributed by atoms with Crippen LogP contribution in [0.1, 0.15) is 16.7 Å². The van der Waals surface area contributed by atoms with E-state index in [0.717, 1.165) is 33.7 Å². The van der Waals surface area contributed by atoms with Crippen LogP contribution in [0.2, 0.25) is 0 Å². The smallest absolute Gasteiger partial charge is 0.235 e. The number of benzene rings is 2. The summed E-state index contributed by atoms with van der Waals surface area (Å²) in [5, 5.41) is 12.6. The molecule has 0 spiro atoms. The van der Waals surface area contributed by atoms with Crippen molar-refractivity contribution in [2.24, 2.45) is 0 Å². The highest BCUT2D eigenvalue weighted by molar-refractivity contribution is 5.92. The van der Waals surface area contributed by atoms with Crippen LogP contribution in [0.25, 0.3) is 16.8 Å². The van der Waals surface area contributed by atoms with Crippen molar-refractivity contribution in [1.82, 2.24) is 0 Å². The molecule has 0 aromatic heterocycles. The number of aryl methyl sites for hydroxylation is 1. The zero-order chi connectivity index (χ0) is 12.4. The van der Waals surface area contributed by atoms with Crippen molar-refractivity contribution >= 4 is 16.8 Å². The minimum absolute atomic E-state index is 0.434. The van der Waals surface area contributed by atoms with E-state index in [4.69, 9.17) is 0 Å². The molecule has 2 rings (SSSR count). The van der Waals surface area contributed by atoms with Crippen molar-refractivity contribution < 1.29 is 4.92 Å². The number of fused-ring (bicyclic) bond motifs is 1. The molecule has 0 aliphatic rings. The fraction of sp³-hybridized carbons (Fsp3) is 0.143. The molecule has 86 valence electrons. The summed E-state index contributed by atoms with van der Waals surface area (Å²) in [7, 11) is 0. The molecule has 0 radical (unpaired) electrons. The van der Waals surface area contributed by atoms with Crippen molar-refractivity contribution in [1.29, 1.82) is 0 Å². The second-order valence-corrected chi connectivity index (χ2v) is 4.05. The van der Waals surface area contributed by atoms with E-state index in [1.807, 2.05) is 38.1 Å². The Bertz CT molecular complexity index is 615. The Labute approximate surface area is 99.5 Å². The van der Waals surface area contributed by atoms with Crippen LogP contribution in [0.3, 0.4) is 0 Å². The van der Waals surface area contributed by atoms with Crippen molar-refractivity contribution in [3.8, 4) is 0 Å². The van der Waals surface area contributed by atoms with Crippen LogP contribution < -0.4 is 0 Å². The van der Waals surface area contributed by atoms with Gasteiger partial charge in [0.1, 0.15) is 0 Å². The Morgan fingerprint density at radius 3 is 2.65 bits per heavy atom. The van der Waals surface area contributed by atoms with Gasteiger partial charge in [-0.05, 0) is 41.3 Å². The van der Waals surface area contributed by atoms with E-state index in [0.29, 0.717) is 0 Å². The lowest BCUT2D eigenvalue weighted by molar-refractivity contribution is -0.400. The Hall–Kier alpha value is -2.16. The van der Waals surface area contributed by atoms with Gasteiger partial charge in [0, 0.05) is 6.08 Å². The van der Waals surface area contributed by atoms with Gasteiger partial charge >= 0.3 is 0 Å². The Morgan fingerprint density at radius 1 is 1.24 bits per heavy atom. The first-order chi connectivity index (χ1) is 8.09. The zero-order valence-corrected chi connectivity index (χ0v) is 9.81. The van der Waals surface area contributed by atoms with Crippen molar-refractivity contribution in [3.63, 3.8) is 0 Å². The van der Waals surface area contributed by atoms with Gasteiger partial charge in [-0.3, -0.25) is 10.1 Å². The van der Waals surface area contributed by atoms with Crippen LogP contribution in [-0.2, 0) is 0 Å². The summed E-state index contributed by atoms with van der Waals surface area (Å²) in [6.45, 7) is 4.01. The average molecular weight is 227 g/mol. The third-order valence-corrected chi connectivity index (χ3v) is 2.98. The predicted octanol–water partition coefficient (Wildman–Crippen LogP) is 3.70. The molecule has 0 fully saturated rings. The average Bonchev–Trinajstić information content (AvgIpc) is 2.29. The van der Waals surface area contributed by atoms with E-state index in [9.17, 15) is 10.1 Å². The number of hydrogen-bond donors (Lipinski definition) is 0. The predicted molar refractivity (Wildman–Crippen MR) is 69.5 cm³/mol. The molecule has 0 unspecified atom stereocenters. The zero-order valence-electron chi connectivity index (χ0n) is 9.81. The summed E-state index contributed by atoms with van der Waals surface area (Å²) in [4.78, 5) is 9.99. The largest absolute Gasteiger partial charge is 0.259 e. The molecule has 0 aliphatic heterocycles. The summed E-state index contributed by atoms with van der Waals surface area (Å²) in [5.41, 5.74) is 3.16. The minimum atomic E-state index is -0.434. The van der Waals surface area contributed by atoms with Gasteiger partial charge in [0.25, 0.3) is 0 Å². The maximum Gasteiger partial charge on any atom is 0.235 e. The van der Waals surface area contributed by atoms with Crippen LogP contribution in [-0.4, -0.2) is 4.92 Å². The van der Waals surface area contributed by atoms with E-state index in [2.05, 4.69) is 6.07 Å². The van der Waals surface area contributed by atoms with Crippen molar-refractivity contribution in [2.45, 2.75) is 13.8 Å². The topological polar surface area (TPSA) is 43.1 Å². The third kappa shape index (κ3) is 2.18. The molecule has 0 bridgehead atoms. The molecule has 0 heterocycles. The Kier molecular flexibility index (Phi) is 2.91. The van der Waals surface area contributed by atoms with Gasteiger partial charge in [-0.1, -0.05) is 30.3 Å². The van der Waals surface area contributed by atoms with Crippen molar-refractivity contribution in [2.75, 3.05) is 0 Å². The standard InChI is InChI=1S/C14H13NO2/c1-10-9-12-5-3-4-6-14(12)13(11(10)2)7-8-15(16)17/h3-9H,1-2H3. The maximum atomic E-state index is 10.4. The maximum absolute atomic E-state index is 10.4. The third-order valence-electron chi connectivity index (χ3n) is 2.98. The second-order valence-electron chi connectivity index (χ2n) is 4.05. The van der Waals surface area contributed by atoms with Gasteiger partial charge in [-0.15, -0.1) is 0 Å². The van der Waals surface area contributed by atoms with Gasteiger partial charge in [-0.2, -0.15) is 0 Å². The molecule has 17 heavy (non-hydrogen) atoms. The quantitative estimate of drug-likeness (QED) is 0.580. The van der Waals surface area contributed by atoms with Crippen LogP contribution in [0.5, 0.6) is 0 Å². The van der Waals surface area contributed by atoms with Gasteiger partial charge in [0.15, 0.2) is 0 Å². The lowest BCUT2D eigenvalue weighted by Crippen LogP contribution is -1.90. The summed E-state index contributed by atoms with van der Waals surface area (Å²) in [5.74, 6) is 0. The van der Waals surface area contributed by atoms with E-state index in [1.165, 1.54) is 0 Å². The highest BCUT2D eigenvalue weighted by atomic mass is 16.6. The van der Waals surface area contributed by atoms with E-state index >= 15 is 0 Å². The first-order valence-corrected chi connectivity index (χ1v) is 5.40. The van der Waals surface area contributed by atoms with Gasteiger partial charge in [0.2, 0.25) is 6.20 Å². The molecule has 3 heteroatoms. The van der Waals surface area contributed by atoms with Crippen LogP contribution in [0.15, 0.2) is 36.5 Å². The molecule has 0 aliphatic carbocycles. The molecule has 2 aromatic rings. The first kappa shape index (κ1) is 11.3. The normalized spacial score (nSPS) is 11.2. The Morgan fingerprint density at radius 2 is 1.94 bits per heavy atom. The molecule has 0 amide bonds. The van der Waals surface area contributed by atoms with E-state index < -0.39 is 4.92 Å². The number of rotatable bonds is 2. The number of hydrogen-bond acceptors (Lipinski definition) is 2. The van der Waals surface area contributed by atoms with E-state index in [-0.39, 0.29) is 0 Å². The van der Waals surface area contributed by atoms with Gasteiger partial charge in [0.05, 0.1) is 4.92 Å². The molecule has 0 atom stereocenters. The Balaban J connectivity index is 2.74. The molecule has 0 saturated heterocycles.